The molecule has 0 bridgehead atoms. The van der Waals surface area contributed by atoms with E-state index in [0.717, 1.165) is 11.4 Å². The second kappa shape index (κ2) is 5.33. The number of nitrogens with one attached hydrogen (secondary N) is 1. The van der Waals surface area contributed by atoms with Crippen LogP contribution in [-0.2, 0) is 4.79 Å². The fourth-order valence-corrected chi connectivity index (χ4v) is 1.62. The molecule has 0 aliphatic carbocycles. The molecule has 5 nitrogen and oxygen atoms in total. The number of rotatable bonds is 3. The molecular weight excluding hydrogens is 228 g/mol. The van der Waals surface area contributed by atoms with Gasteiger partial charge in [0.1, 0.15) is 0 Å². The van der Waals surface area contributed by atoms with Crippen molar-refractivity contribution in [2.24, 2.45) is 0 Å². The van der Waals surface area contributed by atoms with Crippen LogP contribution in [0.3, 0.4) is 0 Å². The number of hydrogen-bond acceptors (Lipinski definition) is 4. The molecule has 1 N–H and O–H groups in total. The molecule has 5 heteroatoms. The van der Waals surface area contributed by atoms with Gasteiger partial charge in [-0.3, -0.25) is 4.79 Å². The molecule has 1 amide bonds. The minimum atomic E-state index is -0.221. The lowest BCUT2D eigenvalue weighted by Gasteiger charge is -2.23. The number of hydrogen-bond donors (Lipinski definition) is 1. The molecule has 18 heavy (non-hydrogen) atoms. The zero-order valence-electron chi connectivity index (χ0n) is 12.0. The number of anilines is 1. The van der Waals surface area contributed by atoms with Crippen molar-refractivity contribution in [3.05, 3.63) is 17.5 Å². The van der Waals surface area contributed by atoms with Crippen LogP contribution in [0.15, 0.2) is 6.07 Å². The maximum absolute atomic E-state index is 11.8. The summed E-state index contributed by atoms with van der Waals surface area (Å²) < 4.78 is 0. The van der Waals surface area contributed by atoms with Crippen LogP contribution in [0.1, 0.15) is 32.2 Å². The Morgan fingerprint density at radius 2 is 1.78 bits per heavy atom. The van der Waals surface area contributed by atoms with E-state index in [2.05, 4.69) is 15.3 Å². The van der Waals surface area contributed by atoms with Crippen molar-refractivity contribution in [3.8, 4) is 0 Å². The first-order chi connectivity index (χ1) is 8.17. The second-order valence-corrected chi connectivity index (χ2v) is 5.60. The van der Waals surface area contributed by atoms with E-state index >= 15 is 0 Å². The van der Waals surface area contributed by atoms with Crippen molar-refractivity contribution >= 4 is 11.9 Å². The van der Waals surface area contributed by atoms with E-state index in [1.807, 2.05) is 47.7 Å². The Labute approximate surface area is 109 Å². The number of amides is 1. The Hall–Kier alpha value is -1.65. The fourth-order valence-electron chi connectivity index (χ4n) is 1.62. The van der Waals surface area contributed by atoms with Gasteiger partial charge in [-0.2, -0.15) is 0 Å². The van der Waals surface area contributed by atoms with Crippen LogP contribution in [-0.4, -0.2) is 35.0 Å². The molecule has 0 fully saturated rings. The summed E-state index contributed by atoms with van der Waals surface area (Å²) in [4.78, 5) is 22.2. The van der Waals surface area contributed by atoms with E-state index in [0.29, 0.717) is 5.95 Å². The van der Waals surface area contributed by atoms with Crippen molar-refractivity contribution in [1.82, 2.24) is 15.3 Å². The molecule has 0 saturated carbocycles. The molecule has 0 aliphatic rings. The second-order valence-electron chi connectivity index (χ2n) is 5.60. The Morgan fingerprint density at radius 3 is 2.22 bits per heavy atom. The number of aryl methyl sites for hydroxylation is 2. The van der Waals surface area contributed by atoms with Crippen molar-refractivity contribution in [1.29, 1.82) is 0 Å². The third-order valence-corrected chi connectivity index (χ3v) is 2.21. The molecule has 0 aromatic carbocycles. The first-order valence-corrected chi connectivity index (χ1v) is 6.02. The van der Waals surface area contributed by atoms with E-state index in [4.69, 9.17) is 0 Å². The molecule has 0 unspecified atom stereocenters. The molecule has 1 heterocycles. The Balaban J connectivity index is 2.70. The highest BCUT2D eigenvalue weighted by molar-refractivity contribution is 5.81. The topological polar surface area (TPSA) is 58.1 Å². The SMILES string of the molecule is Cc1cc(C)nc(N(C)CC(=O)NC(C)(C)C)n1. The summed E-state index contributed by atoms with van der Waals surface area (Å²) >= 11 is 0. The largest absolute Gasteiger partial charge is 0.350 e. The van der Waals surface area contributed by atoms with Crippen LogP contribution in [0.4, 0.5) is 5.95 Å². The zero-order chi connectivity index (χ0) is 13.9. The summed E-state index contributed by atoms with van der Waals surface area (Å²) in [5.41, 5.74) is 1.59. The summed E-state index contributed by atoms with van der Waals surface area (Å²) in [6.07, 6.45) is 0. The molecule has 0 radical (unpaired) electrons. The molecule has 0 spiro atoms. The van der Waals surface area contributed by atoms with Gasteiger partial charge in [0.15, 0.2) is 0 Å². The Kier molecular flexibility index (Phi) is 4.27. The Bertz CT molecular complexity index is 417. The normalized spacial score (nSPS) is 11.2. The van der Waals surface area contributed by atoms with Gasteiger partial charge in [0, 0.05) is 24.0 Å². The first kappa shape index (κ1) is 14.4. The third kappa shape index (κ3) is 4.69. The lowest BCUT2D eigenvalue weighted by atomic mass is 10.1. The maximum atomic E-state index is 11.8. The lowest BCUT2D eigenvalue weighted by molar-refractivity contribution is -0.121. The fraction of sp³-hybridized carbons (Fsp3) is 0.615. The molecule has 1 aromatic heterocycles. The third-order valence-electron chi connectivity index (χ3n) is 2.21. The minimum Gasteiger partial charge on any atom is -0.350 e. The van der Waals surface area contributed by atoms with Gasteiger partial charge in [-0.1, -0.05) is 0 Å². The molecule has 0 aliphatic heterocycles. The predicted octanol–water partition coefficient (Wildman–Crippen LogP) is 1.44. The van der Waals surface area contributed by atoms with Gasteiger partial charge >= 0.3 is 0 Å². The van der Waals surface area contributed by atoms with Crippen molar-refractivity contribution in [2.45, 2.75) is 40.2 Å². The Morgan fingerprint density at radius 1 is 1.28 bits per heavy atom. The van der Waals surface area contributed by atoms with E-state index in [9.17, 15) is 4.79 Å². The smallest absolute Gasteiger partial charge is 0.240 e. The van der Waals surface area contributed by atoms with E-state index < -0.39 is 0 Å². The number of carbonyl (C=O) groups is 1. The number of aromatic nitrogens is 2. The standard InChI is InChI=1S/C13H22N4O/c1-9-7-10(2)15-12(14-9)17(6)8-11(18)16-13(3,4)5/h7H,8H2,1-6H3,(H,16,18). The van der Waals surface area contributed by atoms with Crippen LogP contribution < -0.4 is 10.2 Å². The number of nitrogens with zero attached hydrogens (tertiary/aromatic N) is 3. The molecule has 0 atom stereocenters. The summed E-state index contributed by atoms with van der Waals surface area (Å²) in [6, 6.07) is 1.91. The monoisotopic (exact) mass is 250 g/mol. The molecular formula is C13H22N4O. The van der Waals surface area contributed by atoms with Crippen LogP contribution in [0.5, 0.6) is 0 Å². The summed E-state index contributed by atoms with van der Waals surface area (Å²) in [7, 11) is 1.82. The first-order valence-electron chi connectivity index (χ1n) is 6.02. The summed E-state index contributed by atoms with van der Waals surface area (Å²) in [6.45, 7) is 9.96. The predicted molar refractivity (Wildman–Crippen MR) is 72.7 cm³/mol. The molecule has 1 rings (SSSR count). The average Bonchev–Trinajstić information content (AvgIpc) is 2.12. The highest BCUT2D eigenvalue weighted by atomic mass is 16.2. The van der Waals surface area contributed by atoms with Gasteiger partial charge in [0.2, 0.25) is 11.9 Å². The lowest BCUT2D eigenvalue weighted by Crippen LogP contribution is -2.45. The maximum Gasteiger partial charge on any atom is 0.240 e. The van der Waals surface area contributed by atoms with Crippen LogP contribution in [0.2, 0.25) is 0 Å². The highest BCUT2D eigenvalue weighted by Crippen LogP contribution is 2.08. The molecule has 100 valence electrons. The summed E-state index contributed by atoms with van der Waals surface area (Å²) in [5, 5.41) is 2.91. The van der Waals surface area contributed by atoms with Gasteiger partial charge in [-0.05, 0) is 40.7 Å². The van der Waals surface area contributed by atoms with E-state index in [1.165, 1.54) is 0 Å². The van der Waals surface area contributed by atoms with Gasteiger partial charge in [0.25, 0.3) is 0 Å². The van der Waals surface area contributed by atoms with Gasteiger partial charge in [0.05, 0.1) is 6.54 Å². The average molecular weight is 250 g/mol. The summed E-state index contributed by atoms with van der Waals surface area (Å²) in [5.74, 6) is 0.546. The minimum absolute atomic E-state index is 0.0345. The highest BCUT2D eigenvalue weighted by Gasteiger charge is 2.16. The zero-order valence-corrected chi connectivity index (χ0v) is 12.0. The van der Waals surface area contributed by atoms with Gasteiger partial charge < -0.3 is 10.2 Å². The number of carbonyl (C=O) groups excluding carboxylic acids is 1. The van der Waals surface area contributed by atoms with Crippen LogP contribution >= 0.6 is 0 Å². The van der Waals surface area contributed by atoms with Gasteiger partial charge in [-0.15, -0.1) is 0 Å². The van der Waals surface area contributed by atoms with Gasteiger partial charge in [-0.25, -0.2) is 9.97 Å². The van der Waals surface area contributed by atoms with Crippen molar-refractivity contribution < 1.29 is 4.79 Å². The van der Waals surface area contributed by atoms with Crippen LogP contribution in [0, 0.1) is 13.8 Å². The molecule has 1 aromatic rings. The quantitative estimate of drug-likeness (QED) is 0.882. The van der Waals surface area contributed by atoms with E-state index in [-0.39, 0.29) is 18.0 Å². The van der Waals surface area contributed by atoms with Crippen molar-refractivity contribution in [2.75, 3.05) is 18.5 Å². The van der Waals surface area contributed by atoms with Crippen molar-refractivity contribution in [3.63, 3.8) is 0 Å². The molecule has 0 saturated heterocycles. The van der Waals surface area contributed by atoms with E-state index in [1.54, 1.807) is 4.90 Å². The number of likely N-dealkylation sites (N-methyl/N-ethyl adjacent to an activating group) is 1. The van der Waals surface area contributed by atoms with Crippen LogP contribution in [0.25, 0.3) is 0 Å².